The molecule has 0 unspecified atom stereocenters. The van der Waals surface area contributed by atoms with Gasteiger partial charge < -0.3 is 14.3 Å². The van der Waals surface area contributed by atoms with Crippen LogP contribution >= 0.6 is 0 Å². The molecule has 0 aliphatic heterocycles. The molecule has 0 spiro atoms. The van der Waals surface area contributed by atoms with Crippen molar-refractivity contribution in [2.24, 2.45) is 0 Å². The molecule has 17 heavy (non-hydrogen) atoms. The van der Waals surface area contributed by atoms with Crippen LogP contribution in [0.25, 0.3) is 0 Å². The van der Waals surface area contributed by atoms with Crippen LogP contribution in [-0.4, -0.2) is 26.5 Å². The molecular formula is C13H14O4. The van der Waals surface area contributed by atoms with Crippen LogP contribution in [0.4, 0.5) is 0 Å². The predicted octanol–water partition coefficient (Wildman–Crippen LogP) is 1.71. The van der Waals surface area contributed by atoms with Crippen LogP contribution in [0.2, 0.25) is 0 Å². The summed E-state index contributed by atoms with van der Waals surface area (Å²) in [5, 5.41) is 0. The van der Waals surface area contributed by atoms with Gasteiger partial charge in [0.2, 0.25) is 0 Å². The molecule has 0 atom stereocenters. The second kappa shape index (κ2) is 4.20. The van der Waals surface area contributed by atoms with Gasteiger partial charge in [0, 0.05) is 5.56 Å². The number of carbonyl (C=O) groups excluding carboxylic acids is 2. The lowest BCUT2D eigenvalue weighted by Gasteiger charge is -2.14. The van der Waals surface area contributed by atoms with Crippen LogP contribution in [0.15, 0.2) is 18.2 Å². The zero-order valence-electron chi connectivity index (χ0n) is 9.86. The lowest BCUT2D eigenvalue weighted by atomic mass is 9.94. The summed E-state index contributed by atoms with van der Waals surface area (Å²) in [5.41, 5.74) is 0.754. The molecule has 4 nitrogen and oxygen atoms in total. The van der Waals surface area contributed by atoms with E-state index in [4.69, 9.17) is 4.74 Å². The highest BCUT2D eigenvalue weighted by molar-refractivity contribution is 5.90. The van der Waals surface area contributed by atoms with E-state index in [1.54, 1.807) is 25.3 Å². The SMILES string of the molecule is COC(=O)c1ccc(OC)c(C2(C=O)CC2)c1. The van der Waals surface area contributed by atoms with Crippen molar-refractivity contribution >= 4 is 12.3 Å². The summed E-state index contributed by atoms with van der Waals surface area (Å²) in [6, 6.07) is 5.02. The summed E-state index contributed by atoms with van der Waals surface area (Å²) < 4.78 is 9.89. The molecule has 1 aliphatic carbocycles. The van der Waals surface area contributed by atoms with E-state index in [1.165, 1.54) is 7.11 Å². The topological polar surface area (TPSA) is 52.6 Å². The molecule has 1 aromatic rings. The van der Waals surface area contributed by atoms with Crippen molar-refractivity contribution < 1.29 is 19.1 Å². The zero-order chi connectivity index (χ0) is 12.5. The Morgan fingerprint density at radius 2 is 2.06 bits per heavy atom. The smallest absolute Gasteiger partial charge is 0.337 e. The first-order valence-electron chi connectivity index (χ1n) is 5.40. The maximum Gasteiger partial charge on any atom is 0.337 e. The first-order chi connectivity index (χ1) is 8.16. The van der Waals surface area contributed by atoms with Gasteiger partial charge in [0.15, 0.2) is 0 Å². The van der Waals surface area contributed by atoms with E-state index in [0.717, 1.165) is 24.7 Å². The highest BCUT2D eigenvalue weighted by Gasteiger charge is 2.46. The van der Waals surface area contributed by atoms with Crippen molar-refractivity contribution in [2.45, 2.75) is 18.3 Å². The fourth-order valence-electron chi connectivity index (χ4n) is 1.93. The quantitative estimate of drug-likeness (QED) is 0.588. The van der Waals surface area contributed by atoms with Crippen LogP contribution in [0.5, 0.6) is 5.75 Å². The molecule has 0 N–H and O–H groups in total. The van der Waals surface area contributed by atoms with E-state index in [9.17, 15) is 9.59 Å². The minimum atomic E-state index is -0.463. The highest BCUT2D eigenvalue weighted by Crippen LogP contribution is 2.49. The molecule has 1 fully saturated rings. The number of rotatable bonds is 4. The van der Waals surface area contributed by atoms with Crippen LogP contribution in [0.1, 0.15) is 28.8 Å². The van der Waals surface area contributed by atoms with Crippen molar-refractivity contribution in [3.63, 3.8) is 0 Å². The van der Waals surface area contributed by atoms with Crippen molar-refractivity contribution in [1.29, 1.82) is 0 Å². The first-order valence-corrected chi connectivity index (χ1v) is 5.40. The minimum absolute atomic E-state index is 0.407. The molecule has 0 saturated heterocycles. The summed E-state index contributed by atoms with van der Waals surface area (Å²) in [6.45, 7) is 0. The Balaban J connectivity index is 2.47. The second-order valence-corrected chi connectivity index (χ2v) is 4.18. The van der Waals surface area contributed by atoms with Crippen molar-refractivity contribution in [1.82, 2.24) is 0 Å². The van der Waals surface area contributed by atoms with E-state index in [0.29, 0.717) is 11.3 Å². The van der Waals surface area contributed by atoms with Gasteiger partial charge in [0.1, 0.15) is 12.0 Å². The summed E-state index contributed by atoms with van der Waals surface area (Å²) in [6.07, 6.45) is 2.54. The summed E-state index contributed by atoms with van der Waals surface area (Å²) >= 11 is 0. The Hall–Kier alpha value is -1.84. The fourth-order valence-corrected chi connectivity index (χ4v) is 1.93. The number of benzene rings is 1. The van der Waals surface area contributed by atoms with Gasteiger partial charge in [-0.15, -0.1) is 0 Å². The van der Waals surface area contributed by atoms with Crippen molar-refractivity contribution in [2.75, 3.05) is 14.2 Å². The molecule has 90 valence electrons. The average Bonchev–Trinajstić information content (AvgIpc) is 3.18. The summed E-state index contributed by atoms with van der Waals surface area (Å²) in [7, 11) is 2.89. The summed E-state index contributed by atoms with van der Waals surface area (Å²) in [4.78, 5) is 22.6. The first kappa shape index (κ1) is 11.6. The monoisotopic (exact) mass is 234 g/mol. The number of aldehydes is 1. The van der Waals surface area contributed by atoms with Gasteiger partial charge in [-0.2, -0.15) is 0 Å². The fraction of sp³-hybridized carbons (Fsp3) is 0.385. The van der Waals surface area contributed by atoms with E-state index < -0.39 is 11.4 Å². The third-order valence-corrected chi connectivity index (χ3v) is 3.17. The number of ether oxygens (including phenoxy) is 2. The van der Waals surface area contributed by atoms with Gasteiger partial charge in [-0.3, -0.25) is 0 Å². The molecule has 4 heteroatoms. The highest BCUT2D eigenvalue weighted by atomic mass is 16.5. The minimum Gasteiger partial charge on any atom is -0.496 e. The van der Waals surface area contributed by atoms with Gasteiger partial charge in [0.25, 0.3) is 0 Å². The van der Waals surface area contributed by atoms with Crippen LogP contribution in [0.3, 0.4) is 0 Å². The molecule has 0 radical (unpaired) electrons. The standard InChI is InChI=1S/C13H14O4/c1-16-11-4-3-9(12(15)17-2)7-10(11)13(8-14)5-6-13/h3-4,7-8H,5-6H2,1-2H3. The molecule has 0 aromatic heterocycles. The predicted molar refractivity (Wildman–Crippen MR) is 61.3 cm³/mol. The Bertz CT molecular complexity index is 460. The number of hydrogen-bond acceptors (Lipinski definition) is 4. The Labute approximate surface area is 99.5 Å². The molecule has 1 aromatic carbocycles. The molecular weight excluding hydrogens is 220 g/mol. The maximum atomic E-state index is 11.4. The van der Waals surface area contributed by atoms with Gasteiger partial charge in [-0.1, -0.05) is 0 Å². The van der Waals surface area contributed by atoms with Gasteiger partial charge in [0.05, 0.1) is 25.2 Å². The molecule has 1 saturated carbocycles. The maximum absolute atomic E-state index is 11.4. The number of methoxy groups -OCH3 is 2. The van der Waals surface area contributed by atoms with E-state index >= 15 is 0 Å². The molecule has 1 aliphatic rings. The lowest BCUT2D eigenvalue weighted by molar-refractivity contribution is -0.109. The largest absolute Gasteiger partial charge is 0.496 e. The lowest BCUT2D eigenvalue weighted by Crippen LogP contribution is -2.12. The van der Waals surface area contributed by atoms with E-state index in [2.05, 4.69) is 4.74 Å². The average molecular weight is 234 g/mol. The summed E-state index contributed by atoms with van der Waals surface area (Å²) in [5.74, 6) is 0.234. The van der Waals surface area contributed by atoms with Gasteiger partial charge in [-0.05, 0) is 31.0 Å². The van der Waals surface area contributed by atoms with Gasteiger partial charge >= 0.3 is 5.97 Å². The number of carbonyl (C=O) groups is 2. The number of hydrogen-bond donors (Lipinski definition) is 0. The van der Waals surface area contributed by atoms with Crippen molar-refractivity contribution in [3.8, 4) is 5.75 Å². The molecule has 2 rings (SSSR count). The van der Waals surface area contributed by atoms with Gasteiger partial charge in [-0.25, -0.2) is 4.79 Å². The van der Waals surface area contributed by atoms with E-state index in [1.807, 2.05) is 0 Å². The van der Waals surface area contributed by atoms with Crippen LogP contribution < -0.4 is 4.74 Å². The van der Waals surface area contributed by atoms with Crippen LogP contribution in [-0.2, 0) is 14.9 Å². The Morgan fingerprint density at radius 1 is 1.35 bits per heavy atom. The zero-order valence-corrected chi connectivity index (χ0v) is 9.86. The number of esters is 1. The van der Waals surface area contributed by atoms with Crippen LogP contribution in [0, 0.1) is 0 Å². The molecule has 0 heterocycles. The third kappa shape index (κ3) is 1.90. The normalized spacial score (nSPS) is 16.1. The Kier molecular flexibility index (Phi) is 2.88. The third-order valence-electron chi connectivity index (χ3n) is 3.17. The van der Waals surface area contributed by atoms with E-state index in [-0.39, 0.29) is 0 Å². The Morgan fingerprint density at radius 3 is 2.53 bits per heavy atom. The molecule has 0 amide bonds. The molecule has 0 bridgehead atoms. The van der Waals surface area contributed by atoms with Crippen molar-refractivity contribution in [3.05, 3.63) is 29.3 Å². The second-order valence-electron chi connectivity index (χ2n) is 4.18.